The summed E-state index contributed by atoms with van der Waals surface area (Å²) in [4.78, 5) is 12.6. The Balaban J connectivity index is 1.99. The number of aromatic nitrogens is 5. The van der Waals surface area contributed by atoms with Crippen LogP contribution in [0.3, 0.4) is 0 Å². The van der Waals surface area contributed by atoms with Crippen LogP contribution in [0, 0.1) is 0 Å². The summed E-state index contributed by atoms with van der Waals surface area (Å²) in [5, 5.41) is 7.52. The summed E-state index contributed by atoms with van der Waals surface area (Å²) in [6.45, 7) is 0. The average Bonchev–Trinajstić information content (AvgIpc) is 3.01. The quantitative estimate of drug-likeness (QED) is 0.811. The molecule has 3 heterocycles. The SMILES string of the molecule is c1cnc(-n2ncnc2C2CSCN2)nc1. The predicted molar refractivity (Wildman–Crippen MR) is 60.2 cm³/mol. The molecule has 0 saturated carbocycles. The zero-order valence-electron chi connectivity index (χ0n) is 8.45. The zero-order chi connectivity index (χ0) is 10.8. The zero-order valence-corrected chi connectivity index (χ0v) is 9.26. The van der Waals surface area contributed by atoms with Gasteiger partial charge >= 0.3 is 0 Å². The second kappa shape index (κ2) is 4.18. The van der Waals surface area contributed by atoms with Gasteiger partial charge in [0.15, 0.2) is 5.82 Å². The van der Waals surface area contributed by atoms with Gasteiger partial charge in [-0.05, 0) is 6.07 Å². The Morgan fingerprint density at radius 3 is 2.94 bits per heavy atom. The fourth-order valence-electron chi connectivity index (χ4n) is 1.60. The van der Waals surface area contributed by atoms with Crippen LogP contribution in [0.5, 0.6) is 0 Å². The van der Waals surface area contributed by atoms with E-state index in [1.165, 1.54) is 6.33 Å². The van der Waals surface area contributed by atoms with Gasteiger partial charge in [0.25, 0.3) is 5.95 Å². The molecule has 82 valence electrons. The fraction of sp³-hybridized carbons (Fsp3) is 0.333. The van der Waals surface area contributed by atoms with E-state index in [4.69, 9.17) is 0 Å². The van der Waals surface area contributed by atoms with Crippen molar-refractivity contribution in [1.82, 2.24) is 30.0 Å². The average molecular weight is 234 g/mol. The van der Waals surface area contributed by atoms with Crippen molar-refractivity contribution in [3.63, 3.8) is 0 Å². The van der Waals surface area contributed by atoms with Crippen LogP contribution in [0.1, 0.15) is 11.9 Å². The maximum absolute atomic E-state index is 4.27. The van der Waals surface area contributed by atoms with Gasteiger partial charge in [-0.15, -0.1) is 11.8 Å². The first kappa shape index (κ1) is 9.73. The first-order valence-electron chi connectivity index (χ1n) is 4.93. The van der Waals surface area contributed by atoms with Crippen LogP contribution in [0.15, 0.2) is 24.8 Å². The third-order valence-corrected chi connectivity index (χ3v) is 3.28. The lowest BCUT2D eigenvalue weighted by Crippen LogP contribution is -2.20. The number of nitrogens with zero attached hydrogens (tertiary/aromatic N) is 5. The lowest BCUT2D eigenvalue weighted by molar-refractivity contribution is 0.598. The first-order valence-corrected chi connectivity index (χ1v) is 6.09. The Morgan fingerprint density at radius 2 is 2.19 bits per heavy atom. The third kappa shape index (κ3) is 1.68. The Labute approximate surface area is 96.5 Å². The van der Waals surface area contributed by atoms with Crippen molar-refractivity contribution in [3.05, 3.63) is 30.6 Å². The highest BCUT2D eigenvalue weighted by molar-refractivity contribution is 7.99. The Bertz CT molecular complexity index is 464. The van der Waals surface area contributed by atoms with E-state index in [0.717, 1.165) is 17.5 Å². The van der Waals surface area contributed by atoms with Gasteiger partial charge in [-0.25, -0.2) is 15.0 Å². The van der Waals surface area contributed by atoms with E-state index in [9.17, 15) is 0 Å². The van der Waals surface area contributed by atoms with Crippen molar-refractivity contribution in [3.8, 4) is 5.95 Å². The summed E-state index contributed by atoms with van der Waals surface area (Å²) in [5.41, 5.74) is 0. The van der Waals surface area contributed by atoms with E-state index in [1.54, 1.807) is 23.1 Å². The predicted octanol–water partition coefficient (Wildman–Crippen LogP) is 0.392. The van der Waals surface area contributed by atoms with Crippen LogP contribution in [0.4, 0.5) is 0 Å². The van der Waals surface area contributed by atoms with Gasteiger partial charge in [-0.1, -0.05) is 0 Å². The molecule has 3 rings (SSSR count). The molecule has 1 atom stereocenters. The van der Waals surface area contributed by atoms with E-state index in [0.29, 0.717) is 5.95 Å². The minimum atomic E-state index is 0.233. The van der Waals surface area contributed by atoms with E-state index in [1.807, 2.05) is 11.8 Å². The highest BCUT2D eigenvalue weighted by atomic mass is 32.2. The van der Waals surface area contributed by atoms with Crippen LogP contribution in [-0.4, -0.2) is 36.4 Å². The minimum Gasteiger partial charge on any atom is -0.298 e. The van der Waals surface area contributed by atoms with Crippen LogP contribution < -0.4 is 5.32 Å². The Morgan fingerprint density at radius 1 is 1.31 bits per heavy atom. The number of hydrogen-bond acceptors (Lipinski definition) is 6. The Kier molecular flexibility index (Phi) is 2.55. The molecule has 6 nitrogen and oxygen atoms in total. The summed E-state index contributed by atoms with van der Waals surface area (Å²) >= 11 is 1.85. The van der Waals surface area contributed by atoms with Crippen molar-refractivity contribution < 1.29 is 0 Å². The lowest BCUT2D eigenvalue weighted by Gasteiger charge is -2.09. The molecule has 2 aromatic heterocycles. The number of thioether (sulfide) groups is 1. The molecule has 0 radical (unpaired) electrons. The first-order chi connectivity index (χ1) is 7.95. The summed E-state index contributed by atoms with van der Waals surface area (Å²) < 4.78 is 1.68. The largest absolute Gasteiger partial charge is 0.298 e. The van der Waals surface area contributed by atoms with Crippen molar-refractivity contribution >= 4 is 11.8 Å². The molecule has 1 unspecified atom stereocenters. The third-order valence-electron chi connectivity index (χ3n) is 2.34. The highest BCUT2D eigenvalue weighted by Gasteiger charge is 2.23. The molecule has 0 amide bonds. The molecule has 1 fully saturated rings. The normalized spacial score (nSPS) is 20.1. The second-order valence-electron chi connectivity index (χ2n) is 3.35. The Hall–Kier alpha value is -1.47. The molecule has 1 aliphatic rings. The summed E-state index contributed by atoms with van der Waals surface area (Å²) in [5.74, 6) is 3.39. The van der Waals surface area contributed by atoms with Gasteiger partial charge in [0, 0.05) is 24.0 Å². The van der Waals surface area contributed by atoms with Crippen LogP contribution in [0.2, 0.25) is 0 Å². The van der Waals surface area contributed by atoms with Crippen LogP contribution in [0.25, 0.3) is 5.95 Å². The molecule has 16 heavy (non-hydrogen) atoms. The van der Waals surface area contributed by atoms with Crippen molar-refractivity contribution in [2.24, 2.45) is 0 Å². The number of hydrogen-bond donors (Lipinski definition) is 1. The van der Waals surface area contributed by atoms with Gasteiger partial charge < -0.3 is 0 Å². The van der Waals surface area contributed by atoms with Gasteiger partial charge in [0.2, 0.25) is 0 Å². The molecule has 0 aliphatic carbocycles. The molecule has 0 aromatic carbocycles. The highest BCUT2D eigenvalue weighted by Crippen LogP contribution is 2.22. The molecule has 1 saturated heterocycles. The molecule has 7 heteroatoms. The van der Waals surface area contributed by atoms with Crippen molar-refractivity contribution in [2.45, 2.75) is 6.04 Å². The molecule has 1 N–H and O–H groups in total. The van der Waals surface area contributed by atoms with Gasteiger partial charge in [-0.3, -0.25) is 5.32 Å². The maximum atomic E-state index is 4.27. The molecular weight excluding hydrogens is 224 g/mol. The number of rotatable bonds is 2. The fourth-order valence-corrected chi connectivity index (χ4v) is 2.54. The monoisotopic (exact) mass is 234 g/mol. The molecular formula is C9H10N6S. The van der Waals surface area contributed by atoms with Crippen molar-refractivity contribution in [2.75, 3.05) is 11.6 Å². The van der Waals surface area contributed by atoms with Crippen LogP contribution in [-0.2, 0) is 0 Å². The topological polar surface area (TPSA) is 68.5 Å². The molecule has 2 aromatic rings. The van der Waals surface area contributed by atoms with Gasteiger partial charge in [0.05, 0.1) is 6.04 Å². The molecule has 0 bridgehead atoms. The van der Waals surface area contributed by atoms with E-state index < -0.39 is 0 Å². The lowest BCUT2D eigenvalue weighted by atomic mass is 10.3. The summed E-state index contributed by atoms with van der Waals surface area (Å²) in [6.07, 6.45) is 4.94. The standard InChI is InChI=1S/C9H10N6S/c1-2-10-9(11-3-1)15-8(12-5-14-15)7-4-16-6-13-7/h1-3,5,7,13H,4,6H2. The van der Waals surface area contributed by atoms with E-state index in [-0.39, 0.29) is 6.04 Å². The molecule has 1 aliphatic heterocycles. The van der Waals surface area contributed by atoms with Crippen molar-refractivity contribution in [1.29, 1.82) is 0 Å². The minimum absolute atomic E-state index is 0.233. The smallest absolute Gasteiger partial charge is 0.252 e. The van der Waals surface area contributed by atoms with Gasteiger partial charge in [-0.2, -0.15) is 9.78 Å². The number of nitrogens with one attached hydrogen (secondary N) is 1. The second-order valence-corrected chi connectivity index (χ2v) is 4.38. The molecule has 0 spiro atoms. The summed E-state index contributed by atoms with van der Waals surface area (Å²) in [7, 11) is 0. The van der Waals surface area contributed by atoms with E-state index in [2.05, 4.69) is 25.4 Å². The van der Waals surface area contributed by atoms with E-state index >= 15 is 0 Å². The maximum Gasteiger partial charge on any atom is 0.252 e. The summed E-state index contributed by atoms with van der Waals surface area (Å²) in [6, 6.07) is 2.01. The van der Waals surface area contributed by atoms with Gasteiger partial charge in [0.1, 0.15) is 6.33 Å². The van der Waals surface area contributed by atoms with Crippen LogP contribution >= 0.6 is 11.8 Å².